The molecule has 0 aliphatic heterocycles. The minimum atomic E-state index is -1.76. The number of aliphatic imine (C=N–C) groups is 1. The van der Waals surface area contributed by atoms with Gasteiger partial charge in [0.05, 0.1) is 6.61 Å². The fourth-order valence-corrected chi connectivity index (χ4v) is 0.865. The van der Waals surface area contributed by atoms with Crippen LogP contribution in [0.25, 0.3) is 0 Å². The summed E-state index contributed by atoms with van der Waals surface area (Å²) in [4.78, 5) is 13.3. The van der Waals surface area contributed by atoms with Gasteiger partial charge >= 0.3 is 43.7 Å². The Hall–Kier alpha value is 0.200. The zero-order chi connectivity index (χ0) is 12.7. The Morgan fingerprint density at radius 3 is 2.12 bits per heavy atom. The number of carboxylic acids is 1. The quantitative estimate of drug-likeness (QED) is 0.206. The zero-order valence-corrected chi connectivity index (χ0v) is 11.3. The molecular formula is C8H15CaNO7+2. The number of nitrogens with zero attached hydrogens (tertiary/aromatic N) is 1. The van der Waals surface area contributed by atoms with E-state index in [-0.39, 0.29) is 37.7 Å². The summed E-state index contributed by atoms with van der Waals surface area (Å²) < 4.78 is 0. The van der Waals surface area contributed by atoms with Gasteiger partial charge in [-0.05, 0) is 0 Å². The van der Waals surface area contributed by atoms with Gasteiger partial charge < -0.3 is 30.6 Å². The van der Waals surface area contributed by atoms with Crippen molar-refractivity contribution >= 4 is 49.9 Å². The van der Waals surface area contributed by atoms with Crippen LogP contribution in [0.1, 0.15) is 0 Å². The number of aliphatic hydroxyl groups excluding tert-OH is 5. The molecule has 0 heterocycles. The molecule has 6 N–H and O–H groups in total. The molecule has 0 aliphatic rings. The van der Waals surface area contributed by atoms with Gasteiger partial charge in [-0.15, -0.1) is 0 Å². The molecule has 0 fully saturated rings. The number of hydrogen-bond donors (Lipinski definition) is 6. The van der Waals surface area contributed by atoms with E-state index in [2.05, 4.69) is 4.99 Å². The molecular weight excluding hydrogens is 262 g/mol. The first kappa shape index (κ1) is 19.5. The van der Waals surface area contributed by atoms with Crippen LogP contribution in [0, 0.1) is 0 Å². The van der Waals surface area contributed by atoms with Gasteiger partial charge in [-0.1, -0.05) is 0 Å². The summed E-state index contributed by atoms with van der Waals surface area (Å²) in [6.45, 7) is -1.36. The minimum Gasteiger partial charge on any atom is -0.480 e. The SMILES string of the molecule is O=C(O)CN=CC(O)C(O)C(O)C(O)CO.[Ca+2]. The van der Waals surface area contributed by atoms with Crippen molar-refractivity contribution < 1.29 is 35.4 Å². The Balaban J connectivity index is 0. The molecule has 0 aromatic carbocycles. The third-order valence-electron chi connectivity index (χ3n) is 1.77. The first-order valence-corrected chi connectivity index (χ1v) is 4.45. The molecule has 0 bridgehead atoms. The van der Waals surface area contributed by atoms with Crippen LogP contribution < -0.4 is 0 Å². The summed E-state index contributed by atoms with van der Waals surface area (Å²) in [5, 5.41) is 53.3. The van der Waals surface area contributed by atoms with E-state index >= 15 is 0 Å². The number of carboxylic acid groups (broad SMARTS) is 1. The van der Waals surface area contributed by atoms with Crippen LogP contribution in [0.5, 0.6) is 0 Å². The fraction of sp³-hybridized carbons (Fsp3) is 0.750. The third kappa shape index (κ3) is 8.01. The third-order valence-corrected chi connectivity index (χ3v) is 1.77. The van der Waals surface area contributed by atoms with E-state index < -0.39 is 43.5 Å². The number of aliphatic hydroxyl groups is 5. The standard InChI is InChI=1S/C8H15NO7.Ca/c10-3-5(12)8(16)7(15)4(11)1-9-2-6(13)14;/h1,4-5,7-8,10-12,15-16H,2-3H2,(H,13,14);/q;+2. The van der Waals surface area contributed by atoms with Gasteiger partial charge in [-0.25, -0.2) is 0 Å². The van der Waals surface area contributed by atoms with Crippen LogP contribution in [-0.2, 0) is 4.79 Å². The Kier molecular flexibility index (Phi) is 11.7. The van der Waals surface area contributed by atoms with Crippen LogP contribution >= 0.6 is 0 Å². The molecule has 0 spiro atoms. The van der Waals surface area contributed by atoms with Crippen molar-refractivity contribution in [3.8, 4) is 0 Å². The van der Waals surface area contributed by atoms with Crippen LogP contribution in [0.2, 0.25) is 0 Å². The van der Waals surface area contributed by atoms with Gasteiger partial charge in [0, 0.05) is 6.21 Å². The molecule has 0 aromatic rings. The number of aliphatic carboxylic acids is 1. The number of carbonyl (C=O) groups is 1. The molecule has 4 atom stereocenters. The smallest absolute Gasteiger partial charge is 0.480 e. The Bertz CT molecular complexity index is 250. The van der Waals surface area contributed by atoms with Gasteiger partial charge in [0.2, 0.25) is 0 Å². The van der Waals surface area contributed by atoms with E-state index in [4.69, 9.17) is 20.4 Å². The molecule has 0 saturated carbocycles. The zero-order valence-electron chi connectivity index (χ0n) is 9.05. The summed E-state index contributed by atoms with van der Waals surface area (Å²) in [7, 11) is 0. The molecule has 17 heavy (non-hydrogen) atoms. The molecule has 0 aliphatic carbocycles. The number of rotatable bonds is 7. The average Bonchev–Trinajstić information content (AvgIpc) is 2.25. The molecule has 0 rings (SSSR count). The summed E-state index contributed by atoms with van der Waals surface area (Å²) in [6, 6.07) is 0. The summed E-state index contributed by atoms with van der Waals surface area (Å²) in [6.07, 6.45) is -6.00. The van der Waals surface area contributed by atoms with Crippen molar-refractivity contribution in [1.29, 1.82) is 0 Å². The second kappa shape index (κ2) is 10.2. The second-order valence-electron chi connectivity index (χ2n) is 3.11. The van der Waals surface area contributed by atoms with E-state index in [0.717, 1.165) is 6.21 Å². The molecule has 0 aromatic heterocycles. The molecule has 0 amide bonds. The van der Waals surface area contributed by atoms with Crippen molar-refractivity contribution in [3.05, 3.63) is 0 Å². The topological polar surface area (TPSA) is 151 Å². The van der Waals surface area contributed by atoms with Crippen molar-refractivity contribution in [2.45, 2.75) is 24.4 Å². The van der Waals surface area contributed by atoms with Crippen LogP contribution in [0.15, 0.2) is 4.99 Å². The monoisotopic (exact) mass is 277 g/mol. The first-order valence-electron chi connectivity index (χ1n) is 4.45. The van der Waals surface area contributed by atoms with Crippen molar-refractivity contribution in [3.63, 3.8) is 0 Å². The predicted molar refractivity (Wildman–Crippen MR) is 57.9 cm³/mol. The van der Waals surface area contributed by atoms with Crippen molar-refractivity contribution in [2.75, 3.05) is 13.2 Å². The molecule has 0 saturated heterocycles. The molecule has 4 unspecified atom stereocenters. The van der Waals surface area contributed by atoms with E-state index in [9.17, 15) is 15.0 Å². The maximum Gasteiger partial charge on any atom is 2.00 e. The summed E-state index contributed by atoms with van der Waals surface area (Å²) in [5.41, 5.74) is 0. The van der Waals surface area contributed by atoms with Crippen LogP contribution in [-0.4, -0.2) is 118 Å². The molecule has 8 nitrogen and oxygen atoms in total. The Morgan fingerprint density at radius 1 is 1.18 bits per heavy atom. The van der Waals surface area contributed by atoms with E-state index in [1.165, 1.54) is 0 Å². The van der Waals surface area contributed by atoms with E-state index in [0.29, 0.717) is 0 Å². The van der Waals surface area contributed by atoms with Gasteiger partial charge in [-0.2, -0.15) is 0 Å². The summed E-state index contributed by atoms with van der Waals surface area (Å²) >= 11 is 0. The molecule has 94 valence electrons. The van der Waals surface area contributed by atoms with Crippen LogP contribution in [0.3, 0.4) is 0 Å². The average molecular weight is 277 g/mol. The van der Waals surface area contributed by atoms with Gasteiger partial charge in [-0.3, -0.25) is 9.79 Å². The van der Waals surface area contributed by atoms with E-state index in [1.54, 1.807) is 0 Å². The van der Waals surface area contributed by atoms with Crippen molar-refractivity contribution in [1.82, 2.24) is 0 Å². The van der Waals surface area contributed by atoms with Crippen molar-refractivity contribution in [2.24, 2.45) is 4.99 Å². The number of hydrogen-bond acceptors (Lipinski definition) is 7. The predicted octanol–water partition coefficient (Wildman–Crippen LogP) is -3.80. The maximum absolute atomic E-state index is 10.1. The van der Waals surface area contributed by atoms with E-state index in [1.807, 2.05) is 0 Å². The maximum atomic E-state index is 10.1. The minimum absolute atomic E-state index is 0. The van der Waals surface area contributed by atoms with Gasteiger partial charge in [0.1, 0.15) is 31.0 Å². The molecule has 9 heteroatoms. The Labute approximate surface area is 127 Å². The second-order valence-corrected chi connectivity index (χ2v) is 3.11. The Morgan fingerprint density at radius 2 is 1.71 bits per heavy atom. The first-order chi connectivity index (χ1) is 7.40. The molecule has 0 radical (unpaired) electrons. The van der Waals surface area contributed by atoms with Gasteiger partial charge in [0.15, 0.2) is 0 Å². The van der Waals surface area contributed by atoms with Crippen LogP contribution in [0.4, 0.5) is 0 Å². The fourth-order valence-electron chi connectivity index (χ4n) is 0.865. The largest absolute Gasteiger partial charge is 2.00 e. The summed E-state index contributed by atoms with van der Waals surface area (Å²) in [5.74, 6) is -1.21. The normalized spacial score (nSPS) is 18.2. The van der Waals surface area contributed by atoms with Gasteiger partial charge in [0.25, 0.3) is 0 Å².